The largest absolute Gasteiger partial charge is 0.353 e. The minimum Gasteiger partial charge on any atom is -0.353 e. The van der Waals surface area contributed by atoms with Crippen molar-refractivity contribution >= 4 is 5.82 Å². The first kappa shape index (κ1) is 14.6. The molecule has 1 aliphatic rings. The van der Waals surface area contributed by atoms with Gasteiger partial charge in [-0.25, -0.2) is 0 Å². The van der Waals surface area contributed by atoms with Crippen molar-refractivity contribution in [2.75, 3.05) is 18.0 Å². The number of nitriles is 1. The van der Waals surface area contributed by atoms with Gasteiger partial charge in [-0.15, -0.1) is 15.0 Å². The average Bonchev–Trinajstić information content (AvgIpc) is 2.99. The summed E-state index contributed by atoms with van der Waals surface area (Å²) in [6.45, 7) is 6.28. The molecular weight excluding hydrogens is 274 g/mol. The van der Waals surface area contributed by atoms with E-state index in [0.717, 1.165) is 49.8 Å². The first-order valence-electron chi connectivity index (χ1n) is 7.93. The van der Waals surface area contributed by atoms with Gasteiger partial charge in [0.25, 0.3) is 0 Å². The van der Waals surface area contributed by atoms with Crippen molar-refractivity contribution < 1.29 is 0 Å². The van der Waals surface area contributed by atoms with Gasteiger partial charge in [0.2, 0.25) is 5.69 Å². The Hall–Kier alpha value is -2.35. The van der Waals surface area contributed by atoms with E-state index in [9.17, 15) is 5.26 Å². The predicted molar refractivity (Wildman–Crippen MR) is 86.1 cm³/mol. The second-order valence-electron chi connectivity index (χ2n) is 5.93. The molecule has 0 atom stereocenters. The minimum atomic E-state index is 0.417. The molecule has 22 heavy (non-hydrogen) atoms. The van der Waals surface area contributed by atoms with Crippen LogP contribution in [0.4, 0.5) is 5.82 Å². The maximum Gasteiger partial charge on any atom is 0.207 e. The molecule has 0 aliphatic carbocycles. The lowest BCUT2D eigenvalue weighted by molar-refractivity contribution is 0.436. The van der Waals surface area contributed by atoms with Gasteiger partial charge in [-0.1, -0.05) is 32.0 Å². The van der Waals surface area contributed by atoms with Crippen molar-refractivity contribution in [3.8, 4) is 11.8 Å². The summed E-state index contributed by atoms with van der Waals surface area (Å²) in [6.07, 6.45) is 3.20. The first-order chi connectivity index (χ1) is 10.7. The van der Waals surface area contributed by atoms with E-state index in [1.165, 1.54) is 5.56 Å². The molecule has 0 radical (unpaired) electrons. The summed E-state index contributed by atoms with van der Waals surface area (Å²) in [6, 6.07) is 10.3. The molecular formula is C17H21N5. The highest BCUT2D eigenvalue weighted by molar-refractivity contribution is 5.51. The quantitative estimate of drug-likeness (QED) is 0.873. The van der Waals surface area contributed by atoms with Crippen molar-refractivity contribution in [1.82, 2.24) is 15.0 Å². The lowest BCUT2D eigenvalue weighted by atomic mass is 9.99. The Morgan fingerprint density at radius 3 is 2.64 bits per heavy atom. The number of rotatable bonds is 3. The van der Waals surface area contributed by atoms with Gasteiger partial charge in [0.1, 0.15) is 6.07 Å². The SMILES string of the molecule is CCc1ccccc1-n1nc(C#N)c(N2CCC(C)CC2)n1. The number of hydrogen-bond donors (Lipinski definition) is 0. The predicted octanol–water partition coefficient (Wildman–Crippen LogP) is 2.94. The molecule has 3 rings (SSSR count). The molecule has 0 N–H and O–H groups in total. The van der Waals surface area contributed by atoms with Crippen molar-refractivity contribution in [2.24, 2.45) is 5.92 Å². The van der Waals surface area contributed by atoms with Crippen LogP contribution in [0.5, 0.6) is 0 Å². The van der Waals surface area contributed by atoms with Gasteiger partial charge in [-0.05, 0) is 36.8 Å². The third-order valence-corrected chi connectivity index (χ3v) is 4.37. The van der Waals surface area contributed by atoms with E-state index < -0.39 is 0 Å². The van der Waals surface area contributed by atoms with Crippen LogP contribution in [-0.4, -0.2) is 28.1 Å². The fraction of sp³-hybridized carbons (Fsp3) is 0.471. The number of benzene rings is 1. The Labute approximate surface area is 131 Å². The fourth-order valence-corrected chi connectivity index (χ4v) is 2.92. The van der Waals surface area contributed by atoms with Crippen LogP contribution in [-0.2, 0) is 6.42 Å². The van der Waals surface area contributed by atoms with Gasteiger partial charge >= 0.3 is 0 Å². The number of aromatic nitrogens is 3. The second kappa shape index (κ2) is 6.18. The molecule has 0 bridgehead atoms. The Morgan fingerprint density at radius 2 is 1.95 bits per heavy atom. The normalized spacial score (nSPS) is 15.8. The van der Waals surface area contributed by atoms with Crippen LogP contribution in [0.25, 0.3) is 5.69 Å². The molecule has 0 unspecified atom stereocenters. The fourth-order valence-electron chi connectivity index (χ4n) is 2.92. The van der Waals surface area contributed by atoms with Crippen molar-refractivity contribution in [3.63, 3.8) is 0 Å². The summed E-state index contributed by atoms with van der Waals surface area (Å²) in [7, 11) is 0. The maximum absolute atomic E-state index is 9.40. The number of anilines is 1. The average molecular weight is 295 g/mol. The zero-order valence-corrected chi connectivity index (χ0v) is 13.2. The molecule has 2 heterocycles. The van der Waals surface area contributed by atoms with E-state index in [2.05, 4.69) is 41.1 Å². The van der Waals surface area contributed by atoms with Gasteiger partial charge in [-0.3, -0.25) is 0 Å². The standard InChI is InChI=1S/C17H21N5/c1-3-14-6-4-5-7-16(14)22-19-15(12-18)17(20-22)21-10-8-13(2)9-11-21/h4-7,13H,3,8-11H2,1-2H3. The van der Waals surface area contributed by atoms with E-state index in [1.807, 2.05) is 18.2 Å². The monoisotopic (exact) mass is 295 g/mol. The molecule has 1 aliphatic heterocycles. The summed E-state index contributed by atoms with van der Waals surface area (Å²) < 4.78 is 0. The number of piperidine rings is 1. The van der Waals surface area contributed by atoms with Gasteiger partial charge < -0.3 is 4.90 Å². The summed E-state index contributed by atoms with van der Waals surface area (Å²) in [4.78, 5) is 3.81. The Kier molecular flexibility index (Phi) is 4.10. The summed E-state index contributed by atoms with van der Waals surface area (Å²) >= 11 is 0. The van der Waals surface area contributed by atoms with Crippen molar-refractivity contribution in [1.29, 1.82) is 5.26 Å². The summed E-state index contributed by atoms with van der Waals surface area (Å²) in [5, 5.41) is 18.4. The van der Waals surface area contributed by atoms with Crippen LogP contribution >= 0.6 is 0 Å². The van der Waals surface area contributed by atoms with E-state index in [4.69, 9.17) is 0 Å². The third kappa shape index (κ3) is 2.69. The molecule has 1 fully saturated rings. The Morgan fingerprint density at radius 1 is 1.23 bits per heavy atom. The molecule has 0 amide bonds. The molecule has 5 nitrogen and oxygen atoms in total. The van der Waals surface area contributed by atoms with E-state index in [1.54, 1.807) is 4.80 Å². The number of para-hydroxylation sites is 1. The Balaban J connectivity index is 1.97. The van der Waals surface area contributed by atoms with Crippen LogP contribution in [0.15, 0.2) is 24.3 Å². The van der Waals surface area contributed by atoms with Crippen LogP contribution in [0.3, 0.4) is 0 Å². The molecule has 114 valence electrons. The minimum absolute atomic E-state index is 0.417. The van der Waals surface area contributed by atoms with Gasteiger partial charge in [0.05, 0.1) is 5.69 Å². The van der Waals surface area contributed by atoms with Crippen LogP contribution in [0.2, 0.25) is 0 Å². The van der Waals surface area contributed by atoms with Crippen LogP contribution < -0.4 is 4.90 Å². The molecule has 1 saturated heterocycles. The lowest BCUT2D eigenvalue weighted by Crippen LogP contribution is -2.33. The molecule has 0 spiro atoms. The van der Waals surface area contributed by atoms with Crippen LogP contribution in [0.1, 0.15) is 37.9 Å². The maximum atomic E-state index is 9.40. The third-order valence-electron chi connectivity index (χ3n) is 4.37. The topological polar surface area (TPSA) is 57.7 Å². The molecule has 0 saturated carbocycles. The van der Waals surface area contributed by atoms with E-state index in [0.29, 0.717) is 5.69 Å². The highest BCUT2D eigenvalue weighted by Gasteiger charge is 2.23. The molecule has 1 aromatic heterocycles. The lowest BCUT2D eigenvalue weighted by Gasteiger charge is -2.30. The van der Waals surface area contributed by atoms with Crippen molar-refractivity contribution in [3.05, 3.63) is 35.5 Å². The number of hydrogen-bond acceptors (Lipinski definition) is 4. The second-order valence-corrected chi connectivity index (χ2v) is 5.93. The molecule has 5 heteroatoms. The Bertz CT molecular complexity index is 689. The van der Waals surface area contributed by atoms with Gasteiger partial charge in [0.15, 0.2) is 5.82 Å². The summed E-state index contributed by atoms with van der Waals surface area (Å²) in [5.41, 5.74) is 2.55. The molecule has 1 aromatic carbocycles. The van der Waals surface area contributed by atoms with E-state index >= 15 is 0 Å². The van der Waals surface area contributed by atoms with Crippen molar-refractivity contribution in [2.45, 2.75) is 33.1 Å². The highest BCUT2D eigenvalue weighted by Crippen LogP contribution is 2.24. The highest BCUT2D eigenvalue weighted by atomic mass is 15.5. The molecule has 2 aromatic rings. The van der Waals surface area contributed by atoms with Gasteiger partial charge in [0, 0.05) is 13.1 Å². The smallest absolute Gasteiger partial charge is 0.207 e. The van der Waals surface area contributed by atoms with Gasteiger partial charge in [-0.2, -0.15) is 5.26 Å². The number of aryl methyl sites for hydroxylation is 1. The van der Waals surface area contributed by atoms with Crippen LogP contribution in [0, 0.1) is 17.2 Å². The first-order valence-corrected chi connectivity index (χ1v) is 7.93. The zero-order chi connectivity index (χ0) is 15.5. The zero-order valence-electron chi connectivity index (χ0n) is 13.2. The summed E-state index contributed by atoms with van der Waals surface area (Å²) in [5.74, 6) is 1.47. The number of nitrogens with zero attached hydrogens (tertiary/aromatic N) is 5. The van der Waals surface area contributed by atoms with E-state index in [-0.39, 0.29) is 0 Å².